The summed E-state index contributed by atoms with van der Waals surface area (Å²) in [5.74, 6) is 0. The van der Waals surface area contributed by atoms with Crippen LogP contribution in [0.4, 0.5) is 50.4 Å². The molecule has 0 aromatic heterocycles. The zero-order valence-corrected chi connectivity index (χ0v) is 16.8. The van der Waals surface area contributed by atoms with E-state index in [0.29, 0.717) is 0 Å². The van der Waals surface area contributed by atoms with Crippen LogP contribution >= 0.6 is 15.6 Å². The first-order valence-electron chi connectivity index (χ1n) is 5.78. The van der Waals surface area contributed by atoms with Crippen molar-refractivity contribution < 1.29 is 69.8 Å². The Labute approximate surface area is 148 Å². The molecule has 0 unspecified atom stereocenters. The van der Waals surface area contributed by atoms with Gasteiger partial charge in [0.15, 0.2) is 0 Å². The maximum absolute atomic E-state index is 10.7. The number of halogens is 12. The molecule has 0 saturated carbocycles. The van der Waals surface area contributed by atoms with Crippen LogP contribution in [0, 0.1) is 34.6 Å². The van der Waals surface area contributed by atoms with E-state index < -0.39 is 15.6 Å². The molecule has 0 spiro atoms. The van der Waals surface area contributed by atoms with Gasteiger partial charge in [-0.25, -0.2) is 0 Å². The molecule has 0 heterocycles. The second kappa shape index (κ2) is 6.27. The van der Waals surface area contributed by atoms with Crippen molar-refractivity contribution in [1.82, 2.24) is 0 Å². The normalized spacial score (nSPS) is 17.2. The summed E-state index contributed by atoms with van der Waals surface area (Å²) in [6.07, 6.45) is 0. The minimum absolute atomic E-state index is 0. The third-order valence-corrected chi connectivity index (χ3v) is 2.81. The molecule has 0 saturated heterocycles. The van der Waals surface area contributed by atoms with Crippen LogP contribution in [0.25, 0.3) is 0 Å². The molecule has 0 aliphatic rings. The number of hydrogen-bond acceptors (Lipinski definition) is 0. The zero-order valence-electron chi connectivity index (χ0n) is 13.3. The van der Waals surface area contributed by atoms with Crippen molar-refractivity contribution in [3.8, 4) is 0 Å². The molecule has 25 heavy (non-hydrogen) atoms. The summed E-state index contributed by atoms with van der Waals surface area (Å²) >= 11 is 0. The third-order valence-electron chi connectivity index (χ3n) is 2.81. The van der Waals surface area contributed by atoms with Crippen LogP contribution in [0.15, 0.2) is 0 Å². The van der Waals surface area contributed by atoms with Crippen molar-refractivity contribution in [1.29, 1.82) is 0 Å². The topological polar surface area (TPSA) is 0 Å². The van der Waals surface area contributed by atoms with Gasteiger partial charge in [-0.1, -0.05) is 34.6 Å². The molecule has 0 fully saturated rings. The van der Waals surface area contributed by atoms with E-state index in [1.54, 1.807) is 0 Å². The molecule has 15 heteroatoms. The molecule has 0 bridgehead atoms. The van der Waals surface area contributed by atoms with Crippen LogP contribution in [-0.2, 0) is 19.5 Å². The van der Waals surface area contributed by atoms with Crippen LogP contribution in [0.5, 0.6) is 0 Å². The van der Waals surface area contributed by atoms with E-state index >= 15 is 0 Å². The molecule has 0 aliphatic heterocycles. The van der Waals surface area contributed by atoms with Crippen molar-refractivity contribution in [2.45, 2.75) is 34.6 Å². The van der Waals surface area contributed by atoms with E-state index in [4.69, 9.17) is 0 Å². The van der Waals surface area contributed by atoms with Crippen molar-refractivity contribution in [3.05, 3.63) is 27.8 Å². The maximum atomic E-state index is 9.87. The molecule has 1 rings (SSSR count). The fourth-order valence-electron chi connectivity index (χ4n) is 1.41. The van der Waals surface area contributed by atoms with E-state index in [2.05, 4.69) is 34.6 Å². The van der Waals surface area contributed by atoms with Gasteiger partial charge in [-0.15, -0.1) is 0 Å². The fourth-order valence-corrected chi connectivity index (χ4v) is 1.41. The van der Waals surface area contributed by atoms with E-state index in [-0.39, 0.29) is 19.5 Å². The Hall–Kier alpha value is -0.00662. The standard InChI is InChI=1S/C10H15.2F6P.Ru/c1-6-7(2)9(4)10(5)8(6)3;2*1-7(2,3,4,5)6;/h1-5H3;;;/q3*-1;+3. The number of rotatable bonds is 0. The summed E-state index contributed by atoms with van der Waals surface area (Å²) in [6, 6.07) is 0. The summed E-state index contributed by atoms with van der Waals surface area (Å²) in [7, 11) is -21.3. The molecule has 0 N–H and O–H groups in total. The van der Waals surface area contributed by atoms with Gasteiger partial charge in [-0.2, -0.15) is 27.8 Å². The van der Waals surface area contributed by atoms with E-state index in [1.165, 1.54) is 27.8 Å². The molecular formula is C10H15F12P2Ru. The fraction of sp³-hybridized carbons (Fsp3) is 0.500. The van der Waals surface area contributed by atoms with Crippen molar-refractivity contribution in [2.24, 2.45) is 0 Å². The Balaban J connectivity index is -0.000000293. The monoisotopic (exact) mass is 527 g/mol. The van der Waals surface area contributed by atoms with Crippen molar-refractivity contribution in [3.63, 3.8) is 0 Å². The molecule has 0 amide bonds. The molecule has 0 nitrogen and oxygen atoms in total. The zero-order chi connectivity index (χ0) is 20.7. The first-order valence-corrected chi connectivity index (χ1v) is 9.84. The quantitative estimate of drug-likeness (QED) is 0.137. The molecule has 0 atom stereocenters. The number of hydrogen-bond donors (Lipinski definition) is 0. The van der Waals surface area contributed by atoms with E-state index in [1.807, 2.05) is 0 Å². The van der Waals surface area contributed by atoms with Gasteiger partial charge in [0, 0.05) is 0 Å². The average molecular weight is 526 g/mol. The Morgan fingerprint density at radius 1 is 0.520 bits per heavy atom. The minimum atomic E-state index is -10.7. The minimum Gasteiger partial charge on any atom is 3.00 e. The SMILES string of the molecule is Cc1c(C)c(C)[c-](C)c1C.F[P-](F)(F)(F)(F)F.F[P-](F)(F)(F)(F)F.[Ru+3]. The summed E-state index contributed by atoms with van der Waals surface area (Å²) in [5, 5.41) is 0. The molecule has 1 aromatic carbocycles. The Morgan fingerprint density at radius 3 is 0.680 bits per heavy atom. The van der Waals surface area contributed by atoms with Gasteiger partial charge < -0.3 is 0 Å². The van der Waals surface area contributed by atoms with Crippen LogP contribution in [-0.4, -0.2) is 0 Å². The van der Waals surface area contributed by atoms with Gasteiger partial charge >= 0.3 is 85.5 Å². The summed E-state index contributed by atoms with van der Waals surface area (Å²) < 4.78 is 118. The van der Waals surface area contributed by atoms with Crippen molar-refractivity contribution >= 4 is 15.6 Å². The predicted octanol–water partition coefficient (Wildman–Crippen LogP) is 9.71. The van der Waals surface area contributed by atoms with Crippen LogP contribution in [0.1, 0.15) is 27.8 Å². The predicted molar refractivity (Wildman–Crippen MR) is 72.9 cm³/mol. The maximum Gasteiger partial charge on any atom is 3.00 e. The third kappa shape index (κ3) is 29.0. The Bertz CT molecular complexity index is 472. The molecule has 0 aliphatic carbocycles. The van der Waals surface area contributed by atoms with Crippen LogP contribution < -0.4 is 0 Å². The Kier molecular flexibility index (Phi) is 7.46. The van der Waals surface area contributed by atoms with Crippen LogP contribution in [0.2, 0.25) is 0 Å². The summed E-state index contributed by atoms with van der Waals surface area (Å²) in [4.78, 5) is 0. The van der Waals surface area contributed by atoms with Crippen molar-refractivity contribution in [2.75, 3.05) is 0 Å². The van der Waals surface area contributed by atoms with Gasteiger partial charge in [-0.3, -0.25) is 0 Å². The second-order valence-electron chi connectivity index (χ2n) is 5.04. The molecule has 1 radical (unpaired) electrons. The average Bonchev–Trinajstić information content (AvgIpc) is 2.27. The first kappa shape index (κ1) is 29.7. The molecular weight excluding hydrogens is 511 g/mol. The smallest absolute Gasteiger partial charge is 3.00 e. The van der Waals surface area contributed by atoms with Gasteiger partial charge in [0.25, 0.3) is 0 Å². The van der Waals surface area contributed by atoms with E-state index in [0.717, 1.165) is 0 Å². The van der Waals surface area contributed by atoms with Gasteiger partial charge in [-0.05, 0) is 0 Å². The molecule has 1 aromatic rings. The first-order chi connectivity index (χ1) is 9.45. The Morgan fingerprint density at radius 2 is 0.640 bits per heavy atom. The van der Waals surface area contributed by atoms with Gasteiger partial charge in [0.1, 0.15) is 0 Å². The van der Waals surface area contributed by atoms with E-state index in [9.17, 15) is 50.4 Å². The van der Waals surface area contributed by atoms with Crippen LogP contribution in [0.3, 0.4) is 0 Å². The van der Waals surface area contributed by atoms with Gasteiger partial charge in [0.05, 0.1) is 0 Å². The molecule has 157 valence electrons. The summed E-state index contributed by atoms with van der Waals surface area (Å²) in [5.41, 5.74) is 7.34. The largest absolute Gasteiger partial charge is 3.00 e. The van der Waals surface area contributed by atoms with Gasteiger partial charge in [0.2, 0.25) is 0 Å². The summed E-state index contributed by atoms with van der Waals surface area (Å²) in [6.45, 7) is 11.0. The second-order valence-corrected chi connectivity index (χ2v) is 8.87.